The molecular formula is C8H15N4O+. The number of likely N-dealkylation sites (tertiary alicyclic amines) is 1. The van der Waals surface area contributed by atoms with Gasteiger partial charge in [0, 0.05) is 20.2 Å². The molecule has 2 heterocycles. The van der Waals surface area contributed by atoms with E-state index < -0.39 is 0 Å². The minimum atomic E-state index is 0.558. The molecule has 13 heavy (non-hydrogen) atoms. The third kappa shape index (κ3) is 1.76. The van der Waals surface area contributed by atoms with Gasteiger partial charge in [0.25, 0.3) is 0 Å². The summed E-state index contributed by atoms with van der Waals surface area (Å²) in [5, 5.41) is 8.17. The van der Waals surface area contributed by atoms with E-state index in [2.05, 4.69) is 22.3 Å². The number of ether oxygens (including phenoxy) is 1. The van der Waals surface area contributed by atoms with Crippen molar-refractivity contribution in [2.45, 2.75) is 6.04 Å². The Balaban J connectivity index is 1.81. The number of nitrogens with zero attached hydrogens (tertiary/aromatic N) is 4. The van der Waals surface area contributed by atoms with Gasteiger partial charge in [-0.15, -0.1) is 0 Å². The summed E-state index contributed by atoms with van der Waals surface area (Å²) < 4.78 is 7.05. The van der Waals surface area contributed by atoms with Crippen LogP contribution in [0.15, 0.2) is 10.3 Å². The Hall–Kier alpha value is -0.810. The van der Waals surface area contributed by atoms with Crippen LogP contribution in [-0.2, 0) is 4.74 Å². The van der Waals surface area contributed by atoms with Crippen LogP contribution in [-0.4, -0.2) is 61.7 Å². The normalized spacial score (nSPS) is 24.2. The van der Waals surface area contributed by atoms with Crippen molar-refractivity contribution in [3.63, 3.8) is 0 Å². The molecule has 5 nitrogen and oxygen atoms in total. The molecule has 0 aromatic carbocycles. The van der Waals surface area contributed by atoms with Gasteiger partial charge in [-0.3, -0.25) is 4.90 Å². The SMILES string of the molecule is COCC1=NN=[N+](C2CN(C)C2)C1. The molecule has 0 spiro atoms. The zero-order valence-electron chi connectivity index (χ0n) is 8.10. The lowest BCUT2D eigenvalue weighted by molar-refractivity contribution is -0.624. The number of rotatable bonds is 3. The molecule has 0 N–H and O–H groups in total. The summed E-state index contributed by atoms with van der Waals surface area (Å²) in [5.41, 5.74) is 1.03. The van der Waals surface area contributed by atoms with Crippen molar-refractivity contribution in [3.05, 3.63) is 0 Å². The molecule has 2 aliphatic heterocycles. The maximum atomic E-state index is 5.00. The van der Waals surface area contributed by atoms with E-state index in [-0.39, 0.29) is 0 Å². The maximum Gasteiger partial charge on any atom is 0.226 e. The number of hydrogen-bond acceptors (Lipinski definition) is 4. The molecule has 0 aromatic heterocycles. The second kappa shape index (κ2) is 3.51. The summed E-state index contributed by atoms with van der Waals surface area (Å²) in [5.74, 6) is 0. The van der Waals surface area contributed by atoms with Gasteiger partial charge in [-0.2, -0.15) is 4.70 Å². The summed E-state index contributed by atoms with van der Waals surface area (Å²) in [6.07, 6.45) is 0. The molecule has 72 valence electrons. The molecule has 5 heteroatoms. The summed E-state index contributed by atoms with van der Waals surface area (Å²) in [6.45, 7) is 3.63. The molecule has 1 saturated heterocycles. The minimum Gasteiger partial charge on any atom is -0.376 e. The monoisotopic (exact) mass is 183 g/mol. The topological polar surface area (TPSA) is 40.2 Å². The van der Waals surface area contributed by atoms with E-state index in [1.165, 1.54) is 0 Å². The average molecular weight is 183 g/mol. The van der Waals surface area contributed by atoms with Crippen LogP contribution in [0.1, 0.15) is 0 Å². The third-order valence-electron chi connectivity index (χ3n) is 2.42. The number of likely N-dealkylation sites (N-methyl/N-ethyl adjacent to an activating group) is 1. The van der Waals surface area contributed by atoms with Crippen molar-refractivity contribution in [2.24, 2.45) is 10.3 Å². The fraction of sp³-hybridized carbons (Fsp3) is 0.875. The van der Waals surface area contributed by atoms with Gasteiger partial charge in [-0.1, -0.05) is 0 Å². The molecule has 2 aliphatic rings. The van der Waals surface area contributed by atoms with Crippen molar-refractivity contribution in [2.75, 3.05) is 40.4 Å². The van der Waals surface area contributed by atoms with Gasteiger partial charge in [0.2, 0.25) is 5.71 Å². The highest BCUT2D eigenvalue weighted by Gasteiger charge is 2.34. The van der Waals surface area contributed by atoms with Crippen molar-refractivity contribution in [1.29, 1.82) is 0 Å². The molecule has 0 bridgehead atoms. The first-order valence-electron chi connectivity index (χ1n) is 4.50. The van der Waals surface area contributed by atoms with Gasteiger partial charge < -0.3 is 4.74 Å². The number of methoxy groups -OCH3 is 1. The van der Waals surface area contributed by atoms with Crippen LogP contribution in [0.25, 0.3) is 0 Å². The third-order valence-corrected chi connectivity index (χ3v) is 2.42. The Labute approximate surface area is 77.7 Å². The molecule has 2 rings (SSSR count). The van der Waals surface area contributed by atoms with Crippen LogP contribution >= 0.6 is 0 Å². The van der Waals surface area contributed by atoms with Crippen LogP contribution in [0.3, 0.4) is 0 Å². The van der Waals surface area contributed by atoms with Gasteiger partial charge in [-0.25, -0.2) is 0 Å². The highest BCUT2D eigenvalue weighted by atomic mass is 16.5. The van der Waals surface area contributed by atoms with E-state index in [0.29, 0.717) is 12.6 Å². The van der Waals surface area contributed by atoms with Gasteiger partial charge in [0.1, 0.15) is 17.9 Å². The van der Waals surface area contributed by atoms with E-state index >= 15 is 0 Å². The molecule has 0 unspecified atom stereocenters. The largest absolute Gasteiger partial charge is 0.376 e. The molecule has 0 radical (unpaired) electrons. The molecule has 0 aromatic rings. The molecule has 0 aliphatic carbocycles. The van der Waals surface area contributed by atoms with Crippen LogP contribution in [0, 0.1) is 0 Å². The van der Waals surface area contributed by atoms with Gasteiger partial charge in [-0.05, 0) is 7.05 Å². The Bertz CT molecular complexity index is 255. The summed E-state index contributed by atoms with van der Waals surface area (Å²) in [6, 6.07) is 0.558. The second-order valence-electron chi connectivity index (χ2n) is 3.66. The lowest BCUT2D eigenvalue weighted by atomic mass is 10.1. The zero-order chi connectivity index (χ0) is 9.26. The van der Waals surface area contributed by atoms with Gasteiger partial charge in [0.05, 0.1) is 5.10 Å². The van der Waals surface area contributed by atoms with E-state index in [9.17, 15) is 0 Å². The smallest absolute Gasteiger partial charge is 0.226 e. The van der Waals surface area contributed by atoms with E-state index in [0.717, 1.165) is 25.3 Å². The van der Waals surface area contributed by atoms with Crippen molar-refractivity contribution < 1.29 is 9.43 Å². The fourth-order valence-corrected chi connectivity index (χ4v) is 1.67. The van der Waals surface area contributed by atoms with Crippen LogP contribution in [0.4, 0.5) is 0 Å². The lowest BCUT2D eigenvalue weighted by Crippen LogP contribution is -2.54. The van der Waals surface area contributed by atoms with Crippen molar-refractivity contribution in [1.82, 2.24) is 4.90 Å². The first kappa shape index (κ1) is 8.77. The van der Waals surface area contributed by atoms with Crippen molar-refractivity contribution in [3.8, 4) is 0 Å². The Morgan fingerprint density at radius 2 is 2.38 bits per heavy atom. The molecule has 0 atom stereocenters. The zero-order valence-corrected chi connectivity index (χ0v) is 8.10. The standard InChI is InChI=1S/C8H15N4O/c1-11-4-8(5-11)12-3-7(6-13-2)9-10-12/h8H,3-6H2,1-2H3/q+1. The molecule has 1 fully saturated rings. The van der Waals surface area contributed by atoms with Gasteiger partial charge in [0.15, 0.2) is 6.54 Å². The highest BCUT2D eigenvalue weighted by molar-refractivity contribution is 5.86. The fourth-order valence-electron chi connectivity index (χ4n) is 1.67. The van der Waals surface area contributed by atoms with Crippen molar-refractivity contribution >= 4 is 5.71 Å². The van der Waals surface area contributed by atoms with Gasteiger partial charge >= 0.3 is 0 Å². The molecule has 0 saturated carbocycles. The van der Waals surface area contributed by atoms with Crippen LogP contribution in [0.2, 0.25) is 0 Å². The Morgan fingerprint density at radius 1 is 1.62 bits per heavy atom. The first-order valence-corrected chi connectivity index (χ1v) is 4.50. The predicted octanol–water partition coefficient (Wildman–Crippen LogP) is -0.219. The van der Waals surface area contributed by atoms with Crippen LogP contribution < -0.4 is 0 Å². The highest BCUT2D eigenvalue weighted by Crippen LogP contribution is 2.11. The summed E-state index contributed by atoms with van der Waals surface area (Å²) >= 11 is 0. The lowest BCUT2D eigenvalue weighted by Gasteiger charge is -2.33. The van der Waals surface area contributed by atoms with E-state index in [1.54, 1.807) is 7.11 Å². The van der Waals surface area contributed by atoms with E-state index in [4.69, 9.17) is 4.74 Å². The minimum absolute atomic E-state index is 0.558. The average Bonchev–Trinajstić information content (AvgIpc) is 2.48. The Kier molecular flexibility index (Phi) is 2.37. The second-order valence-corrected chi connectivity index (χ2v) is 3.66. The van der Waals surface area contributed by atoms with E-state index in [1.807, 2.05) is 4.70 Å². The predicted molar refractivity (Wildman–Crippen MR) is 48.2 cm³/mol. The van der Waals surface area contributed by atoms with Crippen LogP contribution in [0.5, 0.6) is 0 Å². The molecule has 0 amide bonds. The maximum absolute atomic E-state index is 5.00. The quantitative estimate of drug-likeness (QED) is 0.568. The summed E-state index contributed by atoms with van der Waals surface area (Å²) in [4.78, 5) is 2.27. The number of hydrogen-bond donors (Lipinski definition) is 0. The first-order chi connectivity index (χ1) is 6.29. The Morgan fingerprint density at radius 3 is 3.00 bits per heavy atom. The molecular weight excluding hydrogens is 168 g/mol. The summed E-state index contributed by atoms with van der Waals surface area (Å²) in [7, 11) is 3.80.